The Hall–Kier alpha value is -2.93. The molecule has 7 heteroatoms. The molecule has 0 aliphatic carbocycles. The Labute approximate surface area is 180 Å². The molecule has 2 aromatic carbocycles. The standard InChI is InChI=1S/C23H23FN4OS/c1-17-6-8-18(9-7-17)21(29)15-30-23-14-22(25-16-26-23)28-12-10-27(11-13-28)20-5-3-2-4-19(20)24/h2-9,14,16H,10-13,15H2,1H3. The first-order chi connectivity index (χ1) is 14.6. The molecule has 0 saturated carbocycles. The van der Waals surface area contributed by atoms with E-state index in [0.29, 0.717) is 17.0 Å². The molecule has 0 N–H and O–H groups in total. The van der Waals surface area contributed by atoms with Crippen LogP contribution < -0.4 is 9.80 Å². The first kappa shape index (κ1) is 20.3. The van der Waals surface area contributed by atoms with Crippen LogP contribution in [0.2, 0.25) is 0 Å². The molecule has 5 nitrogen and oxygen atoms in total. The Morgan fingerprint density at radius 3 is 2.43 bits per heavy atom. The minimum Gasteiger partial charge on any atom is -0.366 e. The van der Waals surface area contributed by atoms with Crippen LogP contribution in [-0.4, -0.2) is 47.7 Å². The number of thioether (sulfide) groups is 1. The summed E-state index contributed by atoms with van der Waals surface area (Å²) < 4.78 is 14.0. The summed E-state index contributed by atoms with van der Waals surface area (Å²) in [5.41, 5.74) is 2.49. The van der Waals surface area contributed by atoms with Gasteiger partial charge in [0.15, 0.2) is 5.78 Å². The molecule has 2 heterocycles. The molecule has 0 spiro atoms. The number of Topliss-reactive ketones (excluding diaryl/α,β-unsaturated/α-hetero) is 1. The molecule has 0 unspecified atom stereocenters. The number of halogens is 1. The number of para-hydroxylation sites is 1. The number of aryl methyl sites for hydroxylation is 1. The normalized spacial score (nSPS) is 14.1. The molecule has 1 saturated heterocycles. The number of hydrogen-bond acceptors (Lipinski definition) is 6. The Balaban J connectivity index is 1.35. The molecular weight excluding hydrogens is 399 g/mol. The fourth-order valence-corrected chi connectivity index (χ4v) is 4.18. The monoisotopic (exact) mass is 422 g/mol. The minimum absolute atomic E-state index is 0.0821. The Bertz CT molecular complexity index is 1020. The van der Waals surface area contributed by atoms with E-state index >= 15 is 0 Å². The lowest BCUT2D eigenvalue weighted by Gasteiger charge is -2.36. The van der Waals surface area contributed by atoms with E-state index in [1.807, 2.05) is 49.4 Å². The van der Waals surface area contributed by atoms with Gasteiger partial charge in [0, 0.05) is 37.8 Å². The third-order valence-electron chi connectivity index (χ3n) is 5.15. The summed E-state index contributed by atoms with van der Waals surface area (Å²) in [7, 11) is 0. The Morgan fingerprint density at radius 1 is 1.00 bits per heavy atom. The number of rotatable bonds is 6. The van der Waals surface area contributed by atoms with Gasteiger partial charge in [-0.2, -0.15) is 0 Å². The van der Waals surface area contributed by atoms with E-state index in [1.54, 1.807) is 6.07 Å². The van der Waals surface area contributed by atoms with Crippen LogP contribution in [0.25, 0.3) is 0 Å². The lowest BCUT2D eigenvalue weighted by atomic mass is 10.1. The number of hydrogen-bond donors (Lipinski definition) is 0. The highest BCUT2D eigenvalue weighted by Crippen LogP contribution is 2.24. The molecular formula is C23H23FN4OS. The lowest BCUT2D eigenvalue weighted by molar-refractivity contribution is 0.102. The highest BCUT2D eigenvalue weighted by atomic mass is 32.2. The van der Waals surface area contributed by atoms with E-state index in [-0.39, 0.29) is 11.6 Å². The highest BCUT2D eigenvalue weighted by Gasteiger charge is 2.20. The van der Waals surface area contributed by atoms with Crippen molar-refractivity contribution in [3.05, 3.63) is 77.9 Å². The number of carbonyl (C=O) groups excluding carboxylic acids is 1. The van der Waals surface area contributed by atoms with E-state index < -0.39 is 0 Å². The second kappa shape index (κ2) is 9.26. The van der Waals surface area contributed by atoms with Crippen LogP contribution in [0.5, 0.6) is 0 Å². The van der Waals surface area contributed by atoms with Gasteiger partial charge in [-0.25, -0.2) is 14.4 Å². The predicted octanol–water partition coefficient (Wildman–Crippen LogP) is 4.23. The van der Waals surface area contributed by atoms with Gasteiger partial charge in [0.2, 0.25) is 0 Å². The Morgan fingerprint density at radius 2 is 1.70 bits per heavy atom. The van der Waals surface area contributed by atoms with Gasteiger partial charge in [-0.05, 0) is 19.1 Å². The van der Waals surface area contributed by atoms with Crippen molar-refractivity contribution in [2.75, 3.05) is 41.7 Å². The van der Waals surface area contributed by atoms with E-state index in [2.05, 4.69) is 19.8 Å². The molecule has 0 atom stereocenters. The molecule has 1 aromatic heterocycles. The van der Waals surface area contributed by atoms with Crippen molar-refractivity contribution in [2.24, 2.45) is 0 Å². The van der Waals surface area contributed by atoms with Crippen molar-refractivity contribution in [3.8, 4) is 0 Å². The quantitative estimate of drug-likeness (QED) is 0.337. The molecule has 0 bridgehead atoms. The van der Waals surface area contributed by atoms with E-state index in [0.717, 1.165) is 42.6 Å². The largest absolute Gasteiger partial charge is 0.366 e. The lowest BCUT2D eigenvalue weighted by Crippen LogP contribution is -2.47. The predicted molar refractivity (Wildman–Crippen MR) is 119 cm³/mol. The van der Waals surface area contributed by atoms with Crippen molar-refractivity contribution in [3.63, 3.8) is 0 Å². The minimum atomic E-state index is -0.190. The second-order valence-corrected chi connectivity index (χ2v) is 8.21. The number of piperazine rings is 1. The molecule has 1 aliphatic heterocycles. The van der Waals surface area contributed by atoms with Gasteiger partial charge in [-0.1, -0.05) is 53.7 Å². The van der Waals surface area contributed by atoms with Gasteiger partial charge in [0.05, 0.1) is 11.4 Å². The first-order valence-corrected chi connectivity index (χ1v) is 10.9. The van der Waals surface area contributed by atoms with Crippen molar-refractivity contribution in [2.45, 2.75) is 11.9 Å². The maximum Gasteiger partial charge on any atom is 0.173 e. The molecule has 1 aliphatic rings. The molecule has 4 rings (SSSR count). The number of carbonyl (C=O) groups is 1. The summed E-state index contributed by atoms with van der Waals surface area (Å²) in [6, 6.07) is 16.4. The van der Waals surface area contributed by atoms with Crippen LogP contribution in [0.1, 0.15) is 15.9 Å². The fourth-order valence-electron chi connectivity index (χ4n) is 3.43. The van der Waals surface area contributed by atoms with Gasteiger partial charge >= 0.3 is 0 Å². The average molecular weight is 423 g/mol. The zero-order chi connectivity index (χ0) is 20.9. The van der Waals surface area contributed by atoms with E-state index in [4.69, 9.17) is 0 Å². The van der Waals surface area contributed by atoms with Crippen molar-refractivity contribution < 1.29 is 9.18 Å². The van der Waals surface area contributed by atoms with Crippen molar-refractivity contribution in [1.29, 1.82) is 0 Å². The molecule has 1 fully saturated rings. The number of benzene rings is 2. The number of ketones is 1. The summed E-state index contributed by atoms with van der Waals surface area (Å²) in [6.45, 7) is 4.94. The van der Waals surface area contributed by atoms with Crippen molar-refractivity contribution in [1.82, 2.24) is 9.97 Å². The van der Waals surface area contributed by atoms with Crippen LogP contribution in [0, 0.1) is 12.7 Å². The van der Waals surface area contributed by atoms with Gasteiger partial charge in [-0.15, -0.1) is 0 Å². The zero-order valence-corrected chi connectivity index (χ0v) is 17.6. The average Bonchev–Trinajstić information content (AvgIpc) is 2.79. The summed E-state index contributed by atoms with van der Waals surface area (Å²) >= 11 is 1.42. The summed E-state index contributed by atoms with van der Waals surface area (Å²) in [4.78, 5) is 25.3. The third-order valence-corrected chi connectivity index (χ3v) is 6.07. The number of aromatic nitrogens is 2. The van der Waals surface area contributed by atoms with Gasteiger partial charge in [0.1, 0.15) is 23.0 Å². The fraction of sp³-hybridized carbons (Fsp3) is 0.261. The summed E-state index contributed by atoms with van der Waals surface area (Å²) in [6.07, 6.45) is 1.54. The van der Waals surface area contributed by atoms with Crippen molar-refractivity contribution >= 4 is 29.1 Å². The smallest absolute Gasteiger partial charge is 0.173 e. The van der Waals surface area contributed by atoms with Gasteiger partial charge in [-0.3, -0.25) is 4.79 Å². The molecule has 0 amide bonds. The van der Waals surface area contributed by atoms with Crippen LogP contribution in [0.3, 0.4) is 0 Å². The Kier molecular flexibility index (Phi) is 6.28. The first-order valence-electron chi connectivity index (χ1n) is 9.89. The van der Waals surface area contributed by atoms with E-state index in [1.165, 1.54) is 24.2 Å². The highest BCUT2D eigenvalue weighted by molar-refractivity contribution is 7.99. The van der Waals surface area contributed by atoms with Crippen LogP contribution in [0.4, 0.5) is 15.9 Å². The van der Waals surface area contributed by atoms with Crippen LogP contribution in [0.15, 0.2) is 66.0 Å². The maximum atomic E-state index is 14.0. The molecule has 0 radical (unpaired) electrons. The van der Waals surface area contributed by atoms with Crippen LogP contribution in [-0.2, 0) is 0 Å². The summed E-state index contributed by atoms with van der Waals surface area (Å²) in [5, 5.41) is 0.775. The topological polar surface area (TPSA) is 49.3 Å². The third kappa shape index (κ3) is 4.79. The van der Waals surface area contributed by atoms with Gasteiger partial charge in [0.25, 0.3) is 0 Å². The summed E-state index contributed by atoms with van der Waals surface area (Å²) in [5.74, 6) is 1.06. The number of anilines is 2. The molecule has 30 heavy (non-hydrogen) atoms. The molecule has 154 valence electrons. The second-order valence-electron chi connectivity index (χ2n) is 7.22. The van der Waals surface area contributed by atoms with Crippen LogP contribution >= 0.6 is 11.8 Å². The maximum absolute atomic E-state index is 14.0. The SMILES string of the molecule is Cc1ccc(C(=O)CSc2cc(N3CCN(c4ccccc4F)CC3)ncn2)cc1. The van der Waals surface area contributed by atoms with Gasteiger partial charge < -0.3 is 9.80 Å². The zero-order valence-electron chi connectivity index (χ0n) is 16.8. The van der Waals surface area contributed by atoms with E-state index in [9.17, 15) is 9.18 Å². The number of nitrogens with zero attached hydrogens (tertiary/aromatic N) is 4. The molecule has 3 aromatic rings.